The van der Waals surface area contributed by atoms with Crippen LogP contribution in [0.2, 0.25) is 0 Å². The molecule has 0 radical (unpaired) electrons. The predicted molar refractivity (Wildman–Crippen MR) is 90.3 cm³/mol. The lowest BCUT2D eigenvalue weighted by molar-refractivity contribution is -0.156. The third kappa shape index (κ3) is 1.23. The van der Waals surface area contributed by atoms with Crippen LogP contribution in [0.15, 0.2) is 11.1 Å². The lowest BCUT2D eigenvalue weighted by Crippen LogP contribution is -2.64. The fourth-order valence-corrected chi connectivity index (χ4v) is 8.42. The minimum absolute atomic E-state index is 0.0805. The number of rotatable bonds is 0. The summed E-state index contributed by atoms with van der Waals surface area (Å²) < 4.78 is 0. The molecule has 7 atom stereocenters. The van der Waals surface area contributed by atoms with Gasteiger partial charge in [-0.3, -0.25) is 14.5 Å². The summed E-state index contributed by atoms with van der Waals surface area (Å²) in [4.78, 5) is 29.4. The largest absolute Gasteiger partial charge is 0.299 e. The second kappa shape index (κ2) is 4.06. The molecule has 24 heavy (non-hydrogen) atoms. The molecule has 0 aromatic carbocycles. The Morgan fingerprint density at radius 1 is 1.17 bits per heavy atom. The molecule has 0 N–H and O–H groups in total. The van der Waals surface area contributed by atoms with E-state index >= 15 is 0 Å². The molecule has 3 nitrogen and oxygen atoms in total. The number of carbonyl (C=O) groups is 2. The van der Waals surface area contributed by atoms with E-state index in [1.807, 2.05) is 0 Å². The zero-order valence-corrected chi connectivity index (χ0v) is 14.8. The standard InChI is InChI=1S/C21H27NO2/c1-11-9-22-10-13-3-4-14-16(23)7-12-5-6-21(18(12)14)19(24)15(11)8-17(22)20(13,21)2/h11-13,15,17H,3-10H2,1-2H3/t11-,12-,13-,15-,17-,20-,21+/m1/s1. The Morgan fingerprint density at radius 2 is 2.00 bits per heavy atom. The molecule has 0 amide bonds. The maximum atomic E-state index is 14.0. The molecular weight excluding hydrogens is 298 g/mol. The molecule has 1 spiro atoms. The summed E-state index contributed by atoms with van der Waals surface area (Å²) >= 11 is 0. The van der Waals surface area contributed by atoms with Crippen LogP contribution in [-0.2, 0) is 9.59 Å². The number of Topliss-reactive ketones (excluding diaryl/α,β-unsaturated/α-hetero) is 2. The minimum atomic E-state index is -0.280. The topological polar surface area (TPSA) is 37.4 Å². The van der Waals surface area contributed by atoms with Gasteiger partial charge in [-0.1, -0.05) is 13.8 Å². The summed E-state index contributed by atoms with van der Waals surface area (Å²) in [7, 11) is 0. The van der Waals surface area contributed by atoms with Gasteiger partial charge >= 0.3 is 0 Å². The normalized spacial score (nSPS) is 55.2. The van der Waals surface area contributed by atoms with Crippen molar-refractivity contribution in [3.63, 3.8) is 0 Å². The third-order valence-electron chi connectivity index (χ3n) is 9.37. The Bertz CT molecular complexity index is 723. The Morgan fingerprint density at radius 3 is 2.83 bits per heavy atom. The van der Waals surface area contributed by atoms with Gasteiger partial charge in [0, 0.05) is 36.9 Å². The number of nitrogens with zero attached hydrogens (tertiary/aromatic N) is 1. The fraction of sp³-hybridized carbons (Fsp3) is 0.810. The first-order valence-corrected chi connectivity index (χ1v) is 10.0. The van der Waals surface area contributed by atoms with E-state index in [1.165, 1.54) is 5.57 Å². The summed E-state index contributed by atoms with van der Waals surface area (Å²) in [5.74, 6) is 2.64. The maximum absolute atomic E-state index is 14.0. The number of carbonyl (C=O) groups excluding carboxylic acids is 2. The lowest BCUT2D eigenvalue weighted by Gasteiger charge is -2.59. The van der Waals surface area contributed by atoms with Crippen molar-refractivity contribution in [3.8, 4) is 0 Å². The van der Waals surface area contributed by atoms with Crippen molar-refractivity contribution >= 4 is 11.6 Å². The molecule has 128 valence electrons. The fourth-order valence-electron chi connectivity index (χ4n) is 8.42. The Hall–Kier alpha value is -0.960. The molecule has 3 heteroatoms. The van der Waals surface area contributed by atoms with Gasteiger partial charge in [-0.2, -0.15) is 0 Å². The van der Waals surface area contributed by atoms with Gasteiger partial charge in [-0.05, 0) is 61.0 Å². The smallest absolute Gasteiger partial charge is 0.159 e. The van der Waals surface area contributed by atoms with Crippen LogP contribution in [0.3, 0.4) is 0 Å². The monoisotopic (exact) mass is 325 g/mol. The molecule has 6 rings (SSSR count). The molecule has 4 aliphatic carbocycles. The van der Waals surface area contributed by atoms with Crippen molar-refractivity contribution in [2.24, 2.45) is 34.5 Å². The van der Waals surface area contributed by atoms with E-state index in [4.69, 9.17) is 0 Å². The molecule has 2 saturated carbocycles. The van der Waals surface area contributed by atoms with Crippen LogP contribution in [0.1, 0.15) is 52.4 Å². The summed E-state index contributed by atoms with van der Waals surface area (Å²) in [6.07, 6.45) is 5.95. The molecule has 0 unspecified atom stereocenters. The van der Waals surface area contributed by atoms with Crippen LogP contribution < -0.4 is 0 Å². The molecule has 0 aromatic rings. The summed E-state index contributed by atoms with van der Waals surface area (Å²) in [6.45, 7) is 7.01. The highest BCUT2D eigenvalue weighted by atomic mass is 16.1. The van der Waals surface area contributed by atoms with Crippen molar-refractivity contribution in [2.45, 2.75) is 58.4 Å². The van der Waals surface area contributed by atoms with Gasteiger partial charge in [0.1, 0.15) is 5.78 Å². The van der Waals surface area contributed by atoms with Crippen LogP contribution in [0.5, 0.6) is 0 Å². The lowest BCUT2D eigenvalue weighted by atomic mass is 9.45. The van der Waals surface area contributed by atoms with E-state index in [1.54, 1.807) is 0 Å². The molecular formula is C21H27NO2. The third-order valence-corrected chi connectivity index (χ3v) is 9.37. The van der Waals surface area contributed by atoms with Gasteiger partial charge in [-0.25, -0.2) is 0 Å². The molecule has 2 heterocycles. The van der Waals surface area contributed by atoms with Crippen LogP contribution in [0.4, 0.5) is 0 Å². The van der Waals surface area contributed by atoms with Crippen molar-refractivity contribution in [1.82, 2.24) is 4.90 Å². The van der Waals surface area contributed by atoms with Crippen molar-refractivity contribution in [1.29, 1.82) is 0 Å². The first-order valence-electron chi connectivity index (χ1n) is 10.0. The number of hydrogen-bond acceptors (Lipinski definition) is 3. The second-order valence-corrected chi connectivity index (χ2v) is 9.83. The van der Waals surface area contributed by atoms with E-state index in [0.29, 0.717) is 41.8 Å². The highest BCUT2D eigenvalue weighted by Crippen LogP contribution is 2.73. The Balaban J connectivity index is 1.67. The Labute approximate surface area is 143 Å². The van der Waals surface area contributed by atoms with Crippen molar-refractivity contribution < 1.29 is 9.59 Å². The quantitative estimate of drug-likeness (QED) is 0.687. The predicted octanol–water partition coefficient (Wildman–Crippen LogP) is 2.99. The zero-order valence-electron chi connectivity index (χ0n) is 14.8. The van der Waals surface area contributed by atoms with Gasteiger partial charge in [0.15, 0.2) is 5.78 Å². The van der Waals surface area contributed by atoms with Gasteiger partial charge in [0.05, 0.1) is 5.41 Å². The first-order chi connectivity index (χ1) is 11.5. The average molecular weight is 325 g/mol. The minimum Gasteiger partial charge on any atom is -0.299 e. The first kappa shape index (κ1) is 14.2. The summed E-state index contributed by atoms with van der Waals surface area (Å²) in [5.41, 5.74) is 2.28. The Kier molecular flexibility index (Phi) is 2.41. The maximum Gasteiger partial charge on any atom is 0.159 e. The van der Waals surface area contributed by atoms with Gasteiger partial charge in [-0.15, -0.1) is 0 Å². The molecule has 2 aliphatic heterocycles. The molecule has 2 bridgehead atoms. The highest BCUT2D eigenvalue weighted by Gasteiger charge is 2.74. The summed E-state index contributed by atoms with van der Waals surface area (Å²) in [6, 6.07) is 0.572. The van der Waals surface area contributed by atoms with E-state index < -0.39 is 0 Å². The zero-order chi connectivity index (χ0) is 16.4. The molecule has 6 aliphatic rings. The number of allylic oxidation sites excluding steroid dienone is 2. The molecule has 0 aromatic heterocycles. The van der Waals surface area contributed by atoms with Gasteiger partial charge < -0.3 is 0 Å². The van der Waals surface area contributed by atoms with Crippen molar-refractivity contribution in [2.75, 3.05) is 13.1 Å². The van der Waals surface area contributed by atoms with Crippen LogP contribution in [-0.4, -0.2) is 35.6 Å². The van der Waals surface area contributed by atoms with Crippen LogP contribution in [0, 0.1) is 34.5 Å². The molecule has 4 fully saturated rings. The van der Waals surface area contributed by atoms with Crippen LogP contribution in [0.25, 0.3) is 0 Å². The second-order valence-electron chi connectivity index (χ2n) is 9.83. The van der Waals surface area contributed by atoms with E-state index in [2.05, 4.69) is 18.7 Å². The number of hydrogen-bond donors (Lipinski definition) is 0. The van der Waals surface area contributed by atoms with Crippen LogP contribution >= 0.6 is 0 Å². The van der Waals surface area contributed by atoms with Gasteiger partial charge in [0.25, 0.3) is 0 Å². The summed E-state index contributed by atoms with van der Waals surface area (Å²) in [5, 5.41) is 0. The highest BCUT2D eigenvalue weighted by molar-refractivity contribution is 6.04. The van der Waals surface area contributed by atoms with E-state index in [0.717, 1.165) is 50.8 Å². The number of ketones is 2. The van der Waals surface area contributed by atoms with E-state index in [-0.39, 0.29) is 16.7 Å². The average Bonchev–Trinajstić information content (AvgIpc) is 3.12. The molecule has 2 saturated heterocycles. The number of piperidine rings is 1. The van der Waals surface area contributed by atoms with Gasteiger partial charge in [0.2, 0.25) is 0 Å². The van der Waals surface area contributed by atoms with E-state index in [9.17, 15) is 9.59 Å². The SMILES string of the molecule is C[C@@H]1CN2C[C@H]3CCC4=C5[C@H](CC[C@@]56C(=O)[C@@H]1C[C@@H]2[C@@]36C)CC4=O. The van der Waals surface area contributed by atoms with Crippen molar-refractivity contribution in [3.05, 3.63) is 11.1 Å². The number of fused-ring (bicyclic) bond motifs is 1.